The number of rotatable bonds is 5. The number of benzene rings is 2. The number of halogens is 2. The van der Waals surface area contributed by atoms with Crippen LogP contribution in [0.4, 0.5) is 11.4 Å². The zero-order valence-electron chi connectivity index (χ0n) is 15.1. The van der Waals surface area contributed by atoms with Gasteiger partial charge in [0.15, 0.2) is 6.10 Å². The monoisotopic (exact) mass is 406 g/mol. The summed E-state index contributed by atoms with van der Waals surface area (Å²) >= 11 is 12.1. The summed E-state index contributed by atoms with van der Waals surface area (Å²) in [4.78, 5) is 26.1. The first kappa shape index (κ1) is 19.5. The molecule has 1 N–H and O–H groups in total. The van der Waals surface area contributed by atoms with E-state index in [1.807, 2.05) is 19.1 Å². The van der Waals surface area contributed by atoms with Crippen LogP contribution in [0.1, 0.15) is 25.3 Å². The van der Waals surface area contributed by atoms with E-state index in [-0.39, 0.29) is 16.8 Å². The summed E-state index contributed by atoms with van der Waals surface area (Å²) in [6.45, 7) is 4.29. The van der Waals surface area contributed by atoms with Crippen LogP contribution in [0.25, 0.3) is 0 Å². The smallest absolute Gasteiger partial charge is 0.265 e. The minimum atomic E-state index is -0.763. The van der Waals surface area contributed by atoms with E-state index in [1.54, 1.807) is 36.1 Å². The summed E-state index contributed by atoms with van der Waals surface area (Å²) in [6.07, 6.45) is 0.692. The second-order valence-corrected chi connectivity index (χ2v) is 7.24. The van der Waals surface area contributed by atoms with Crippen molar-refractivity contribution in [3.8, 4) is 5.75 Å². The number of hydrogen-bond donors (Lipinski definition) is 1. The number of amides is 2. The van der Waals surface area contributed by atoms with E-state index in [9.17, 15) is 9.59 Å². The van der Waals surface area contributed by atoms with Crippen LogP contribution in [0.5, 0.6) is 5.75 Å². The number of nitrogens with one attached hydrogen (secondary N) is 1. The predicted octanol–water partition coefficient (Wildman–Crippen LogP) is 4.83. The van der Waals surface area contributed by atoms with Gasteiger partial charge >= 0.3 is 0 Å². The van der Waals surface area contributed by atoms with Crippen LogP contribution in [0, 0.1) is 6.92 Å². The van der Waals surface area contributed by atoms with Crippen molar-refractivity contribution in [1.82, 2.24) is 0 Å². The summed E-state index contributed by atoms with van der Waals surface area (Å²) in [7, 11) is 0. The fourth-order valence-electron chi connectivity index (χ4n) is 3.00. The minimum absolute atomic E-state index is 0.135. The standard InChI is InChI=1S/C20H20Cl2N2O3/c1-12-11-14(8-9-16(12)24-10-4-7-18(24)25)23-20(26)13(2)27-17-6-3-5-15(21)19(17)22/h3,5-6,8-9,11,13H,4,7,10H2,1-2H3,(H,23,26). The van der Waals surface area contributed by atoms with Crippen molar-refractivity contribution in [2.45, 2.75) is 32.8 Å². The Balaban J connectivity index is 1.67. The second-order valence-electron chi connectivity index (χ2n) is 6.45. The van der Waals surface area contributed by atoms with Gasteiger partial charge in [0, 0.05) is 24.3 Å². The Kier molecular flexibility index (Phi) is 5.92. The van der Waals surface area contributed by atoms with Gasteiger partial charge in [-0.3, -0.25) is 9.59 Å². The molecule has 1 heterocycles. The molecule has 1 unspecified atom stereocenters. The molecule has 1 atom stereocenters. The Labute approximate surface area is 168 Å². The minimum Gasteiger partial charge on any atom is -0.479 e. The number of carbonyl (C=O) groups is 2. The number of hydrogen-bond acceptors (Lipinski definition) is 3. The van der Waals surface area contributed by atoms with Crippen LogP contribution in [0.2, 0.25) is 10.0 Å². The molecule has 1 saturated heterocycles. The molecule has 1 aliphatic heterocycles. The molecule has 5 nitrogen and oxygen atoms in total. The average Bonchev–Trinajstić information content (AvgIpc) is 3.05. The van der Waals surface area contributed by atoms with E-state index in [2.05, 4.69) is 5.32 Å². The average molecular weight is 407 g/mol. The molecule has 142 valence electrons. The lowest BCUT2D eigenvalue weighted by molar-refractivity contribution is -0.122. The third kappa shape index (κ3) is 4.37. The summed E-state index contributed by atoms with van der Waals surface area (Å²) in [5.41, 5.74) is 2.44. The van der Waals surface area contributed by atoms with Crippen molar-refractivity contribution in [1.29, 1.82) is 0 Å². The topological polar surface area (TPSA) is 58.6 Å². The van der Waals surface area contributed by atoms with Crippen LogP contribution in [0.15, 0.2) is 36.4 Å². The lowest BCUT2D eigenvalue weighted by atomic mass is 10.1. The van der Waals surface area contributed by atoms with E-state index in [0.29, 0.717) is 22.9 Å². The summed E-state index contributed by atoms with van der Waals surface area (Å²) < 4.78 is 5.63. The maximum atomic E-state index is 12.4. The molecule has 27 heavy (non-hydrogen) atoms. The second kappa shape index (κ2) is 8.19. The normalized spacial score (nSPS) is 15.0. The SMILES string of the molecule is Cc1cc(NC(=O)C(C)Oc2cccc(Cl)c2Cl)ccc1N1CCCC1=O. The maximum absolute atomic E-state index is 12.4. The first-order valence-electron chi connectivity index (χ1n) is 8.69. The number of nitrogens with zero attached hydrogens (tertiary/aromatic N) is 1. The van der Waals surface area contributed by atoms with E-state index < -0.39 is 6.10 Å². The van der Waals surface area contributed by atoms with Crippen molar-refractivity contribution in [2.75, 3.05) is 16.8 Å². The maximum Gasteiger partial charge on any atom is 0.265 e. The third-order valence-electron chi connectivity index (χ3n) is 4.42. The molecule has 0 saturated carbocycles. The highest BCUT2D eigenvalue weighted by Gasteiger charge is 2.23. The number of carbonyl (C=O) groups excluding carboxylic acids is 2. The Morgan fingerprint density at radius 1 is 1.26 bits per heavy atom. The van der Waals surface area contributed by atoms with E-state index in [0.717, 1.165) is 24.2 Å². The molecule has 3 rings (SSSR count). The first-order chi connectivity index (χ1) is 12.9. The van der Waals surface area contributed by atoms with Crippen molar-refractivity contribution in [3.05, 3.63) is 52.0 Å². The van der Waals surface area contributed by atoms with Gasteiger partial charge in [-0.15, -0.1) is 0 Å². The Hall–Kier alpha value is -2.24. The molecular weight excluding hydrogens is 387 g/mol. The third-order valence-corrected chi connectivity index (χ3v) is 5.22. The highest BCUT2D eigenvalue weighted by molar-refractivity contribution is 6.42. The van der Waals surface area contributed by atoms with Gasteiger partial charge in [-0.05, 0) is 56.2 Å². The van der Waals surface area contributed by atoms with Crippen molar-refractivity contribution in [3.63, 3.8) is 0 Å². The summed E-state index contributed by atoms with van der Waals surface area (Å²) in [6, 6.07) is 10.5. The Bertz CT molecular complexity index is 886. The molecule has 2 amide bonds. The van der Waals surface area contributed by atoms with E-state index in [4.69, 9.17) is 27.9 Å². The van der Waals surface area contributed by atoms with E-state index >= 15 is 0 Å². The highest BCUT2D eigenvalue weighted by Crippen LogP contribution is 2.32. The fourth-order valence-corrected chi connectivity index (χ4v) is 3.34. The molecule has 0 radical (unpaired) electrons. The predicted molar refractivity (Wildman–Crippen MR) is 108 cm³/mol. The van der Waals surface area contributed by atoms with Gasteiger partial charge in [-0.25, -0.2) is 0 Å². The van der Waals surface area contributed by atoms with Gasteiger partial charge < -0.3 is 15.0 Å². The van der Waals surface area contributed by atoms with Gasteiger partial charge in [0.05, 0.1) is 5.02 Å². The lowest BCUT2D eigenvalue weighted by Gasteiger charge is -2.20. The van der Waals surface area contributed by atoms with Gasteiger partial charge in [0.1, 0.15) is 10.8 Å². The van der Waals surface area contributed by atoms with Gasteiger partial charge in [0.25, 0.3) is 5.91 Å². The van der Waals surface area contributed by atoms with Crippen molar-refractivity contribution in [2.24, 2.45) is 0 Å². The van der Waals surface area contributed by atoms with Crippen LogP contribution < -0.4 is 15.0 Å². The number of anilines is 2. The zero-order chi connectivity index (χ0) is 19.6. The summed E-state index contributed by atoms with van der Waals surface area (Å²) in [5, 5.41) is 3.46. The first-order valence-corrected chi connectivity index (χ1v) is 9.45. The number of ether oxygens (including phenoxy) is 1. The van der Waals surface area contributed by atoms with Gasteiger partial charge in [0.2, 0.25) is 5.91 Å². The molecular formula is C20H20Cl2N2O3. The molecule has 0 aliphatic carbocycles. The van der Waals surface area contributed by atoms with Crippen LogP contribution in [-0.2, 0) is 9.59 Å². The number of aryl methyl sites for hydroxylation is 1. The molecule has 2 aromatic carbocycles. The van der Waals surface area contributed by atoms with E-state index in [1.165, 1.54) is 0 Å². The largest absolute Gasteiger partial charge is 0.479 e. The van der Waals surface area contributed by atoms with Crippen LogP contribution in [-0.4, -0.2) is 24.5 Å². The molecule has 7 heteroatoms. The zero-order valence-corrected chi connectivity index (χ0v) is 16.6. The van der Waals surface area contributed by atoms with Crippen LogP contribution >= 0.6 is 23.2 Å². The molecule has 1 fully saturated rings. The Morgan fingerprint density at radius 2 is 2.04 bits per heavy atom. The van der Waals surface area contributed by atoms with Crippen LogP contribution in [0.3, 0.4) is 0 Å². The summed E-state index contributed by atoms with van der Waals surface area (Å²) in [5.74, 6) is 0.177. The molecule has 0 spiro atoms. The molecule has 0 bridgehead atoms. The molecule has 1 aliphatic rings. The van der Waals surface area contributed by atoms with Crippen molar-refractivity contribution >= 4 is 46.4 Å². The fraction of sp³-hybridized carbons (Fsp3) is 0.300. The van der Waals surface area contributed by atoms with Crippen molar-refractivity contribution < 1.29 is 14.3 Å². The molecule has 0 aromatic heterocycles. The highest BCUT2D eigenvalue weighted by atomic mass is 35.5. The van der Waals surface area contributed by atoms with Gasteiger partial charge in [-0.2, -0.15) is 0 Å². The quantitative estimate of drug-likeness (QED) is 0.772. The molecule has 2 aromatic rings. The Morgan fingerprint density at radius 3 is 2.70 bits per heavy atom. The lowest BCUT2D eigenvalue weighted by Crippen LogP contribution is -2.30. The van der Waals surface area contributed by atoms with Gasteiger partial charge in [-0.1, -0.05) is 29.3 Å².